The van der Waals surface area contributed by atoms with Gasteiger partial charge >= 0.3 is 25.7 Å². The molecule has 430 valence electrons. The highest BCUT2D eigenvalue weighted by molar-refractivity contribution is 7.47. The SMILES string of the molecule is CC/C=C\C/C=C\C/C=C\C/C=C\C/C=C\CCCC(=O)OC(COC(=O)CCCCCCCCC/C=C\C/C=C\C/C=C\CC)COP(=O)(O)OCC(CO)OC(=O)CCCCCCC/C=C\C/C=C\C/C=C\CC. The summed E-state index contributed by atoms with van der Waals surface area (Å²) in [6, 6.07) is 0. The maximum Gasteiger partial charge on any atom is 0.472 e. The number of unbranched alkanes of at least 4 members (excludes halogenated alkanes) is 13. The number of carbonyl (C=O) groups excluding carboxylic acids is 3. The van der Waals surface area contributed by atoms with Crippen LogP contribution in [0.5, 0.6) is 0 Å². The molecule has 0 radical (unpaired) electrons. The molecule has 12 heteroatoms. The number of aliphatic hydroxyl groups excluding tert-OH is 1. The van der Waals surface area contributed by atoms with Crippen molar-refractivity contribution < 1.29 is 52.2 Å². The Hall–Kier alpha value is -4.38. The lowest BCUT2D eigenvalue weighted by Crippen LogP contribution is -2.30. The molecule has 0 fully saturated rings. The van der Waals surface area contributed by atoms with E-state index in [1.54, 1.807) is 0 Å². The molecule has 11 nitrogen and oxygen atoms in total. The number of hydrogen-bond acceptors (Lipinski definition) is 10. The molecule has 0 aliphatic heterocycles. The highest BCUT2D eigenvalue weighted by atomic mass is 31.2. The molecule has 0 aliphatic rings. The second-order valence-corrected chi connectivity index (χ2v) is 20.1. The molecule has 0 heterocycles. The molecule has 0 aliphatic carbocycles. The van der Waals surface area contributed by atoms with Gasteiger partial charge in [0.25, 0.3) is 0 Å². The number of phosphoric ester groups is 1. The Morgan fingerprint density at radius 3 is 1.04 bits per heavy atom. The number of phosphoric acid groups is 1. The molecule has 3 atom stereocenters. The van der Waals surface area contributed by atoms with Crippen LogP contribution in [-0.4, -0.2) is 66.5 Å². The van der Waals surface area contributed by atoms with E-state index in [9.17, 15) is 28.9 Å². The van der Waals surface area contributed by atoms with Crippen LogP contribution in [0.4, 0.5) is 0 Å². The first-order chi connectivity index (χ1) is 37.2. The summed E-state index contributed by atoms with van der Waals surface area (Å²) < 4.78 is 39.5. The zero-order valence-corrected chi connectivity index (χ0v) is 48.3. The normalized spacial score (nSPS) is 14.3. The number of esters is 3. The zero-order valence-electron chi connectivity index (χ0n) is 47.4. The largest absolute Gasteiger partial charge is 0.472 e. The summed E-state index contributed by atoms with van der Waals surface area (Å²) in [5.74, 6) is -1.58. The Morgan fingerprint density at radius 2 is 0.658 bits per heavy atom. The third-order valence-electron chi connectivity index (χ3n) is 11.6. The molecular formula is C64H103O11P. The summed E-state index contributed by atoms with van der Waals surface area (Å²) in [6.07, 6.45) is 71.3. The predicted molar refractivity (Wildman–Crippen MR) is 316 cm³/mol. The average Bonchev–Trinajstić information content (AvgIpc) is 3.41. The van der Waals surface area contributed by atoms with E-state index < -0.39 is 57.8 Å². The summed E-state index contributed by atoms with van der Waals surface area (Å²) in [6.45, 7) is 4.20. The van der Waals surface area contributed by atoms with Gasteiger partial charge in [0.05, 0.1) is 19.8 Å². The number of ether oxygens (including phenoxy) is 3. The predicted octanol–water partition coefficient (Wildman–Crippen LogP) is 17.4. The highest BCUT2D eigenvalue weighted by Crippen LogP contribution is 2.43. The van der Waals surface area contributed by atoms with Crippen molar-refractivity contribution in [2.24, 2.45) is 0 Å². The minimum Gasteiger partial charge on any atom is -0.462 e. The minimum absolute atomic E-state index is 0.0784. The molecular weight excluding hydrogens is 976 g/mol. The van der Waals surface area contributed by atoms with Gasteiger partial charge in [-0.05, 0) is 122 Å². The second-order valence-electron chi connectivity index (χ2n) is 18.7. The number of hydrogen-bond donors (Lipinski definition) is 2. The van der Waals surface area contributed by atoms with Gasteiger partial charge in [-0.25, -0.2) is 4.57 Å². The molecule has 0 aromatic heterocycles. The Kier molecular flexibility index (Phi) is 53.5. The van der Waals surface area contributed by atoms with Gasteiger partial charge < -0.3 is 24.2 Å². The Balaban J connectivity index is 4.85. The van der Waals surface area contributed by atoms with E-state index in [4.69, 9.17) is 23.3 Å². The summed E-state index contributed by atoms with van der Waals surface area (Å²) >= 11 is 0. The van der Waals surface area contributed by atoms with Crippen LogP contribution in [0.1, 0.15) is 213 Å². The topological polar surface area (TPSA) is 155 Å². The molecule has 76 heavy (non-hydrogen) atoms. The van der Waals surface area contributed by atoms with E-state index in [0.717, 1.165) is 135 Å². The molecule has 0 rings (SSSR count). The first kappa shape index (κ1) is 71.6. The second kappa shape index (κ2) is 56.8. The van der Waals surface area contributed by atoms with E-state index in [1.807, 2.05) is 12.2 Å². The van der Waals surface area contributed by atoms with Crippen LogP contribution in [0, 0.1) is 0 Å². The van der Waals surface area contributed by atoms with Gasteiger partial charge in [-0.2, -0.15) is 0 Å². The quantitative estimate of drug-likeness (QED) is 0.0197. The average molecular weight is 1080 g/mol. The summed E-state index contributed by atoms with van der Waals surface area (Å²) in [5, 5.41) is 9.82. The molecule has 3 unspecified atom stereocenters. The van der Waals surface area contributed by atoms with Crippen molar-refractivity contribution in [3.05, 3.63) is 134 Å². The van der Waals surface area contributed by atoms with Crippen LogP contribution in [0.15, 0.2) is 134 Å². The lowest BCUT2D eigenvalue weighted by atomic mass is 10.1. The van der Waals surface area contributed by atoms with Gasteiger partial charge in [0.2, 0.25) is 0 Å². The van der Waals surface area contributed by atoms with Gasteiger partial charge in [-0.15, -0.1) is 0 Å². The lowest BCUT2D eigenvalue weighted by Gasteiger charge is -2.21. The minimum atomic E-state index is -4.78. The first-order valence-corrected chi connectivity index (χ1v) is 30.6. The highest BCUT2D eigenvalue weighted by Gasteiger charge is 2.28. The molecule has 2 N–H and O–H groups in total. The first-order valence-electron chi connectivity index (χ1n) is 29.1. The lowest BCUT2D eigenvalue weighted by molar-refractivity contribution is -0.161. The smallest absolute Gasteiger partial charge is 0.462 e. The van der Waals surface area contributed by atoms with Crippen molar-refractivity contribution in [1.29, 1.82) is 0 Å². The maximum absolute atomic E-state index is 12.9. The molecule has 0 bridgehead atoms. The number of carbonyl (C=O) groups is 3. The van der Waals surface area contributed by atoms with Crippen LogP contribution in [0.2, 0.25) is 0 Å². The van der Waals surface area contributed by atoms with E-state index in [0.29, 0.717) is 25.7 Å². The fraction of sp³-hybridized carbons (Fsp3) is 0.609. The van der Waals surface area contributed by atoms with Crippen molar-refractivity contribution in [3.8, 4) is 0 Å². The van der Waals surface area contributed by atoms with Crippen molar-refractivity contribution in [1.82, 2.24) is 0 Å². The van der Waals surface area contributed by atoms with Gasteiger partial charge in [0, 0.05) is 19.3 Å². The van der Waals surface area contributed by atoms with Gasteiger partial charge in [0.15, 0.2) is 6.10 Å². The number of aliphatic hydroxyl groups is 1. The van der Waals surface area contributed by atoms with Crippen molar-refractivity contribution in [2.75, 3.05) is 26.4 Å². The van der Waals surface area contributed by atoms with Crippen LogP contribution >= 0.6 is 7.82 Å². The molecule has 0 saturated carbocycles. The Labute approximate surface area is 461 Å². The maximum atomic E-state index is 12.9. The van der Waals surface area contributed by atoms with Crippen molar-refractivity contribution >= 4 is 25.7 Å². The fourth-order valence-electron chi connectivity index (χ4n) is 7.24. The van der Waals surface area contributed by atoms with E-state index in [-0.39, 0.29) is 25.9 Å². The summed E-state index contributed by atoms with van der Waals surface area (Å²) in [7, 11) is -4.78. The van der Waals surface area contributed by atoms with E-state index >= 15 is 0 Å². The summed E-state index contributed by atoms with van der Waals surface area (Å²) in [4.78, 5) is 48.6. The Bertz CT molecular complexity index is 1780. The zero-order chi connectivity index (χ0) is 55.5. The van der Waals surface area contributed by atoms with Gasteiger partial charge in [-0.3, -0.25) is 23.4 Å². The third-order valence-corrected chi connectivity index (χ3v) is 12.5. The fourth-order valence-corrected chi connectivity index (χ4v) is 8.03. The molecule has 0 saturated heterocycles. The number of allylic oxidation sites excluding steroid dienone is 22. The van der Waals surface area contributed by atoms with Crippen LogP contribution in [-0.2, 0) is 42.2 Å². The Morgan fingerprint density at radius 1 is 0.368 bits per heavy atom. The van der Waals surface area contributed by atoms with Crippen LogP contribution in [0.25, 0.3) is 0 Å². The van der Waals surface area contributed by atoms with Crippen LogP contribution in [0.3, 0.4) is 0 Å². The standard InChI is InChI=1S/C64H103O11P/c1-4-7-10-13-16-19-22-25-28-30-33-35-38-41-44-47-50-53-62(66)71-57-61(75-64(68)55-52-49-46-43-40-37-34-31-29-26-23-20-17-14-11-8-5-2)59-73-76(69,70)72-58-60(56-65)74-63(67)54-51-48-45-42-39-36-32-27-24-21-18-15-12-9-6-3/h7-12,16-21,25-29,32,34,37,43,46,60-61,65H,4-6,13-15,22-24,30-31,33,35-36,38-42,44-45,47-59H2,1-3H3,(H,69,70)/b10-7-,11-8-,12-9-,19-16-,20-17-,21-18-,28-25-,29-26-,32-27-,37-34-,46-43-. The van der Waals surface area contributed by atoms with E-state index in [1.165, 1.54) is 12.8 Å². The van der Waals surface area contributed by atoms with E-state index in [2.05, 4.69) is 142 Å². The van der Waals surface area contributed by atoms with Crippen LogP contribution < -0.4 is 0 Å². The van der Waals surface area contributed by atoms with Gasteiger partial charge in [0.1, 0.15) is 12.7 Å². The molecule has 0 aromatic rings. The van der Waals surface area contributed by atoms with Crippen molar-refractivity contribution in [3.63, 3.8) is 0 Å². The molecule has 0 spiro atoms. The summed E-state index contributed by atoms with van der Waals surface area (Å²) in [5.41, 5.74) is 0. The monoisotopic (exact) mass is 1080 g/mol. The molecule has 0 amide bonds. The number of rotatable bonds is 52. The van der Waals surface area contributed by atoms with Gasteiger partial charge in [-0.1, -0.05) is 206 Å². The third kappa shape index (κ3) is 54.4. The molecule has 0 aromatic carbocycles. The van der Waals surface area contributed by atoms with Crippen molar-refractivity contribution in [2.45, 2.75) is 226 Å².